The van der Waals surface area contributed by atoms with E-state index in [1.54, 1.807) is 18.3 Å². The molecule has 1 aromatic rings. The van der Waals surface area contributed by atoms with E-state index in [1.807, 2.05) is 6.92 Å². The Bertz CT molecular complexity index is 395. The molecule has 0 aromatic carbocycles. The largest absolute Gasteiger partial charge is 0.323 e. The summed E-state index contributed by atoms with van der Waals surface area (Å²) >= 11 is 0. The fourth-order valence-corrected chi connectivity index (χ4v) is 1.06. The van der Waals surface area contributed by atoms with Crippen molar-refractivity contribution in [1.29, 1.82) is 0 Å². The molecular weight excluding hydrogens is 190 g/mol. The Morgan fingerprint density at radius 1 is 1.80 bits per heavy atom. The van der Waals surface area contributed by atoms with E-state index in [0.29, 0.717) is 5.69 Å². The number of aromatic nitrogens is 1. The third-order valence-electron chi connectivity index (χ3n) is 1.94. The lowest BCUT2D eigenvalue weighted by Crippen LogP contribution is -2.35. The maximum Gasteiger partial charge on any atom is 0.242 e. The molecule has 0 spiro atoms. The van der Waals surface area contributed by atoms with Gasteiger partial charge in [-0.15, -0.1) is 12.3 Å². The number of amides is 1. The van der Waals surface area contributed by atoms with Gasteiger partial charge in [0.25, 0.3) is 0 Å². The number of nitrogens with one attached hydrogen (secondary N) is 1. The summed E-state index contributed by atoms with van der Waals surface area (Å²) in [5, 5.41) is 2.67. The number of hydrogen-bond acceptors (Lipinski definition) is 3. The Labute approximate surface area is 88.9 Å². The van der Waals surface area contributed by atoms with Crippen LogP contribution < -0.4 is 11.1 Å². The van der Waals surface area contributed by atoms with Crippen molar-refractivity contribution in [3.8, 4) is 12.3 Å². The van der Waals surface area contributed by atoms with Gasteiger partial charge in [0, 0.05) is 12.6 Å². The van der Waals surface area contributed by atoms with Crippen LogP contribution in [-0.4, -0.2) is 16.9 Å². The third kappa shape index (κ3) is 3.08. The monoisotopic (exact) mass is 203 g/mol. The predicted molar refractivity (Wildman–Crippen MR) is 59.0 cm³/mol. The van der Waals surface area contributed by atoms with Crippen LogP contribution in [0.15, 0.2) is 18.3 Å². The van der Waals surface area contributed by atoms with Gasteiger partial charge in [-0.2, -0.15) is 0 Å². The van der Waals surface area contributed by atoms with Crippen molar-refractivity contribution in [3.63, 3.8) is 0 Å². The molecule has 0 bridgehead atoms. The zero-order valence-corrected chi connectivity index (χ0v) is 8.53. The summed E-state index contributed by atoms with van der Waals surface area (Å²) in [6.07, 6.45) is 6.95. The SMILES string of the molecule is C#CCC(N)C(=O)Nc1cccnc1C. The quantitative estimate of drug-likeness (QED) is 0.710. The van der Waals surface area contributed by atoms with Gasteiger partial charge >= 0.3 is 0 Å². The molecule has 0 aliphatic heterocycles. The standard InChI is InChI=1S/C11H13N3O/c1-3-5-9(12)11(15)14-10-6-4-7-13-8(10)2/h1,4,6-7,9H,5,12H2,2H3,(H,14,15). The van der Waals surface area contributed by atoms with E-state index < -0.39 is 6.04 Å². The molecule has 4 nitrogen and oxygen atoms in total. The summed E-state index contributed by atoms with van der Waals surface area (Å²) in [7, 11) is 0. The van der Waals surface area contributed by atoms with E-state index in [4.69, 9.17) is 12.2 Å². The van der Waals surface area contributed by atoms with Crippen LogP contribution in [0.1, 0.15) is 12.1 Å². The van der Waals surface area contributed by atoms with E-state index in [-0.39, 0.29) is 12.3 Å². The molecule has 1 heterocycles. The molecule has 0 aliphatic carbocycles. The third-order valence-corrected chi connectivity index (χ3v) is 1.94. The summed E-state index contributed by atoms with van der Waals surface area (Å²) in [4.78, 5) is 15.5. The molecule has 1 unspecified atom stereocenters. The molecule has 0 aliphatic rings. The average molecular weight is 203 g/mol. The van der Waals surface area contributed by atoms with Crippen LogP contribution in [0.3, 0.4) is 0 Å². The summed E-state index contributed by atoms with van der Waals surface area (Å²) < 4.78 is 0. The van der Waals surface area contributed by atoms with E-state index in [0.717, 1.165) is 5.69 Å². The zero-order chi connectivity index (χ0) is 11.3. The van der Waals surface area contributed by atoms with E-state index in [9.17, 15) is 4.79 Å². The van der Waals surface area contributed by atoms with E-state index in [1.165, 1.54) is 0 Å². The van der Waals surface area contributed by atoms with Crippen molar-refractivity contribution in [2.45, 2.75) is 19.4 Å². The van der Waals surface area contributed by atoms with Gasteiger partial charge in [-0.3, -0.25) is 9.78 Å². The minimum Gasteiger partial charge on any atom is -0.323 e. The number of aryl methyl sites for hydroxylation is 1. The number of anilines is 1. The second-order valence-corrected chi connectivity index (χ2v) is 3.14. The number of nitrogens with zero attached hydrogens (tertiary/aromatic N) is 1. The molecule has 0 radical (unpaired) electrons. The summed E-state index contributed by atoms with van der Waals surface area (Å²) in [6.45, 7) is 1.81. The van der Waals surface area contributed by atoms with Crippen LogP contribution in [0, 0.1) is 19.3 Å². The van der Waals surface area contributed by atoms with Gasteiger partial charge in [-0.25, -0.2) is 0 Å². The van der Waals surface area contributed by atoms with Crippen molar-refractivity contribution < 1.29 is 4.79 Å². The Balaban J connectivity index is 2.67. The number of hydrogen-bond donors (Lipinski definition) is 2. The molecule has 0 saturated carbocycles. The van der Waals surface area contributed by atoms with E-state index in [2.05, 4.69) is 16.2 Å². The highest BCUT2D eigenvalue weighted by Gasteiger charge is 2.12. The predicted octanol–water partition coefficient (Wildman–Crippen LogP) is 0.679. The lowest BCUT2D eigenvalue weighted by molar-refractivity contribution is -0.117. The van der Waals surface area contributed by atoms with Gasteiger partial charge in [0.05, 0.1) is 17.4 Å². The van der Waals surface area contributed by atoms with Crippen LogP contribution >= 0.6 is 0 Å². The first-order valence-corrected chi connectivity index (χ1v) is 4.56. The Kier molecular flexibility index (Phi) is 3.83. The average Bonchev–Trinajstić information content (AvgIpc) is 2.21. The molecule has 0 fully saturated rings. The lowest BCUT2D eigenvalue weighted by Gasteiger charge is -2.10. The molecule has 0 saturated heterocycles. The van der Waals surface area contributed by atoms with Gasteiger partial charge in [0.1, 0.15) is 0 Å². The van der Waals surface area contributed by atoms with Crippen LogP contribution in [0.2, 0.25) is 0 Å². The number of carbonyl (C=O) groups excluding carboxylic acids is 1. The Hall–Kier alpha value is -1.86. The second-order valence-electron chi connectivity index (χ2n) is 3.14. The van der Waals surface area contributed by atoms with Crippen LogP contribution in [0.25, 0.3) is 0 Å². The molecule has 1 amide bonds. The van der Waals surface area contributed by atoms with Gasteiger partial charge in [-0.1, -0.05) is 0 Å². The van der Waals surface area contributed by atoms with Gasteiger partial charge in [-0.05, 0) is 19.1 Å². The van der Waals surface area contributed by atoms with Gasteiger partial charge in [0.2, 0.25) is 5.91 Å². The minimum absolute atomic E-state index is 0.227. The topological polar surface area (TPSA) is 68.0 Å². The number of pyridine rings is 1. The molecule has 4 heteroatoms. The molecule has 3 N–H and O–H groups in total. The van der Waals surface area contributed by atoms with Crippen molar-refractivity contribution in [3.05, 3.63) is 24.0 Å². The Morgan fingerprint density at radius 3 is 3.13 bits per heavy atom. The highest BCUT2D eigenvalue weighted by Crippen LogP contribution is 2.10. The molecule has 1 rings (SSSR count). The van der Waals surface area contributed by atoms with Crippen LogP contribution in [-0.2, 0) is 4.79 Å². The minimum atomic E-state index is -0.672. The first-order valence-electron chi connectivity index (χ1n) is 4.56. The van der Waals surface area contributed by atoms with Crippen molar-refractivity contribution >= 4 is 11.6 Å². The van der Waals surface area contributed by atoms with Crippen LogP contribution in [0.4, 0.5) is 5.69 Å². The highest BCUT2D eigenvalue weighted by molar-refractivity contribution is 5.95. The maximum absolute atomic E-state index is 11.5. The van der Waals surface area contributed by atoms with E-state index >= 15 is 0 Å². The maximum atomic E-state index is 11.5. The summed E-state index contributed by atoms with van der Waals surface area (Å²) in [5.74, 6) is 2.06. The summed E-state index contributed by atoms with van der Waals surface area (Å²) in [5.41, 5.74) is 6.96. The summed E-state index contributed by atoms with van der Waals surface area (Å²) in [6, 6.07) is 2.84. The number of terminal acetylenes is 1. The second kappa shape index (κ2) is 5.13. The smallest absolute Gasteiger partial charge is 0.242 e. The zero-order valence-electron chi connectivity index (χ0n) is 8.53. The molecule has 15 heavy (non-hydrogen) atoms. The molecular formula is C11H13N3O. The molecule has 1 atom stereocenters. The van der Waals surface area contributed by atoms with Crippen molar-refractivity contribution in [2.24, 2.45) is 5.73 Å². The van der Waals surface area contributed by atoms with Gasteiger partial charge in [0.15, 0.2) is 0 Å². The number of carbonyl (C=O) groups is 1. The number of rotatable bonds is 3. The lowest BCUT2D eigenvalue weighted by atomic mass is 10.2. The molecule has 1 aromatic heterocycles. The normalized spacial score (nSPS) is 11.5. The fraction of sp³-hybridized carbons (Fsp3) is 0.273. The Morgan fingerprint density at radius 2 is 2.53 bits per heavy atom. The van der Waals surface area contributed by atoms with Crippen molar-refractivity contribution in [2.75, 3.05) is 5.32 Å². The molecule has 78 valence electrons. The van der Waals surface area contributed by atoms with Crippen LogP contribution in [0.5, 0.6) is 0 Å². The van der Waals surface area contributed by atoms with Gasteiger partial charge < -0.3 is 11.1 Å². The highest BCUT2D eigenvalue weighted by atomic mass is 16.2. The number of nitrogens with two attached hydrogens (primary N) is 1. The first kappa shape index (κ1) is 11.2. The van der Waals surface area contributed by atoms with Crippen molar-refractivity contribution in [1.82, 2.24) is 4.98 Å². The first-order chi connectivity index (χ1) is 7.15. The fourth-order valence-electron chi connectivity index (χ4n) is 1.06.